The number of carbonyl (C=O) groups excluding carboxylic acids is 2. The largest absolute Gasteiger partial charge is 0.370 e. The van der Waals surface area contributed by atoms with Gasteiger partial charge < -0.3 is 21.7 Å². The quantitative estimate of drug-likeness (QED) is 0.243. The maximum atomic E-state index is 11.7. The molecule has 0 radical (unpaired) electrons. The molecule has 0 rings (SSSR count). The third-order valence-electron chi connectivity index (χ3n) is 2.39. The summed E-state index contributed by atoms with van der Waals surface area (Å²) in [4.78, 5) is 26.2. The van der Waals surface area contributed by atoms with Gasteiger partial charge in [-0.25, -0.2) is 0 Å². The SMILES string of the molecule is CN=C(N)NCCC[C@@H](NC)C(=O)NCC(C)=O. The molecule has 0 aliphatic heterocycles. The highest BCUT2D eigenvalue weighted by Crippen LogP contribution is 1.96. The van der Waals surface area contributed by atoms with Crippen LogP contribution in [0.15, 0.2) is 4.99 Å². The Kier molecular flexibility index (Phi) is 8.55. The van der Waals surface area contributed by atoms with Gasteiger partial charge in [-0.1, -0.05) is 0 Å². The predicted molar refractivity (Wildman–Crippen MR) is 71.3 cm³/mol. The van der Waals surface area contributed by atoms with Gasteiger partial charge in [-0.3, -0.25) is 14.6 Å². The van der Waals surface area contributed by atoms with Gasteiger partial charge >= 0.3 is 0 Å². The van der Waals surface area contributed by atoms with Gasteiger partial charge in [0.2, 0.25) is 5.91 Å². The number of hydrogen-bond acceptors (Lipinski definition) is 4. The van der Waals surface area contributed by atoms with Crippen LogP contribution in [0.2, 0.25) is 0 Å². The van der Waals surface area contributed by atoms with E-state index in [1.807, 2.05) is 0 Å². The average Bonchev–Trinajstić information content (AvgIpc) is 2.35. The summed E-state index contributed by atoms with van der Waals surface area (Å²) in [6.45, 7) is 2.16. The second kappa shape index (κ2) is 9.41. The summed E-state index contributed by atoms with van der Waals surface area (Å²) in [7, 11) is 3.32. The molecular formula is C11H23N5O2. The lowest BCUT2D eigenvalue weighted by molar-refractivity contribution is -0.126. The highest BCUT2D eigenvalue weighted by Gasteiger charge is 2.15. The first-order chi connectivity index (χ1) is 8.51. The molecule has 0 aliphatic rings. The summed E-state index contributed by atoms with van der Waals surface area (Å²) >= 11 is 0. The van der Waals surface area contributed by atoms with Gasteiger partial charge in [-0.2, -0.15) is 0 Å². The van der Waals surface area contributed by atoms with Gasteiger partial charge in [0.25, 0.3) is 0 Å². The van der Waals surface area contributed by atoms with Crippen molar-refractivity contribution in [2.45, 2.75) is 25.8 Å². The van der Waals surface area contributed by atoms with E-state index in [9.17, 15) is 9.59 Å². The fourth-order valence-electron chi connectivity index (χ4n) is 1.34. The Morgan fingerprint density at radius 2 is 2.00 bits per heavy atom. The lowest BCUT2D eigenvalue weighted by Crippen LogP contribution is -2.44. The van der Waals surface area contributed by atoms with E-state index in [1.54, 1.807) is 14.1 Å². The normalized spacial score (nSPS) is 12.9. The monoisotopic (exact) mass is 257 g/mol. The second-order valence-corrected chi connectivity index (χ2v) is 3.94. The van der Waals surface area contributed by atoms with Crippen LogP contribution in [0.1, 0.15) is 19.8 Å². The van der Waals surface area contributed by atoms with Gasteiger partial charge in [-0.05, 0) is 26.8 Å². The van der Waals surface area contributed by atoms with E-state index >= 15 is 0 Å². The Balaban J connectivity index is 3.88. The first-order valence-electron chi connectivity index (χ1n) is 5.91. The van der Waals surface area contributed by atoms with Crippen molar-refractivity contribution >= 4 is 17.6 Å². The molecule has 1 atom stereocenters. The zero-order valence-corrected chi connectivity index (χ0v) is 11.2. The van der Waals surface area contributed by atoms with E-state index in [1.165, 1.54) is 6.92 Å². The highest BCUT2D eigenvalue weighted by molar-refractivity contribution is 5.87. The van der Waals surface area contributed by atoms with Crippen LogP contribution in [0, 0.1) is 0 Å². The lowest BCUT2D eigenvalue weighted by atomic mass is 10.1. The molecule has 0 saturated carbocycles. The first-order valence-corrected chi connectivity index (χ1v) is 5.91. The minimum absolute atomic E-state index is 0.0631. The Hall–Kier alpha value is -1.63. The molecule has 7 nitrogen and oxygen atoms in total. The minimum atomic E-state index is -0.300. The molecule has 18 heavy (non-hydrogen) atoms. The number of carbonyl (C=O) groups is 2. The summed E-state index contributed by atoms with van der Waals surface area (Å²) < 4.78 is 0. The summed E-state index contributed by atoms with van der Waals surface area (Å²) in [5.41, 5.74) is 5.47. The average molecular weight is 257 g/mol. The molecule has 1 amide bonds. The Morgan fingerprint density at radius 1 is 1.33 bits per heavy atom. The zero-order chi connectivity index (χ0) is 14.0. The van der Waals surface area contributed by atoms with E-state index in [0.717, 1.165) is 6.42 Å². The molecule has 0 aromatic rings. The predicted octanol–water partition coefficient (Wildman–Crippen LogP) is -1.41. The van der Waals surface area contributed by atoms with Crippen molar-refractivity contribution in [1.29, 1.82) is 0 Å². The standard InChI is InChI=1S/C11H23N5O2/c1-8(17)7-16-10(18)9(13-2)5-4-6-15-11(12)14-3/h9,13H,4-7H2,1-3H3,(H,16,18)(H3,12,14,15)/t9-/m1/s1. The van der Waals surface area contributed by atoms with Gasteiger partial charge in [0.05, 0.1) is 12.6 Å². The molecule has 0 spiro atoms. The molecule has 0 fully saturated rings. The van der Waals surface area contributed by atoms with Crippen LogP contribution in [0.4, 0.5) is 0 Å². The fraction of sp³-hybridized carbons (Fsp3) is 0.727. The van der Waals surface area contributed by atoms with Crippen molar-refractivity contribution in [3.63, 3.8) is 0 Å². The number of likely N-dealkylation sites (N-methyl/N-ethyl adjacent to an activating group) is 1. The third-order valence-corrected chi connectivity index (χ3v) is 2.39. The Labute approximate surface area is 108 Å². The molecular weight excluding hydrogens is 234 g/mol. The smallest absolute Gasteiger partial charge is 0.237 e. The van der Waals surface area contributed by atoms with E-state index in [4.69, 9.17) is 5.73 Å². The van der Waals surface area contributed by atoms with Crippen LogP contribution in [-0.2, 0) is 9.59 Å². The van der Waals surface area contributed by atoms with E-state index in [0.29, 0.717) is 18.9 Å². The number of nitrogens with two attached hydrogens (primary N) is 1. The summed E-state index contributed by atoms with van der Waals surface area (Å²) in [6.07, 6.45) is 1.43. The van der Waals surface area contributed by atoms with Crippen molar-refractivity contribution < 1.29 is 9.59 Å². The van der Waals surface area contributed by atoms with Crippen molar-refractivity contribution in [2.24, 2.45) is 10.7 Å². The number of guanidine groups is 1. The summed E-state index contributed by atoms with van der Waals surface area (Å²) in [5.74, 6) is 0.161. The molecule has 0 unspecified atom stereocenters. The maximum Gasteiger partial charge on any atom is 0.237 e. The maximum absolute atomic E-state index is 11.7. The molecule has 104 valence electrons. The van der Waals surface area contributed by atoms with Crippen molar-refractivity contribution in [2.75, 3.05) is 27.2 Å². The molecule has 0 aromatic heterocycles. The second-order valence-electron chi connectivity index (χ2n) is 3.94. The van der Waals surface area contributed by atoms with Gasteiger partial charge in [-0.15, -0.1) is 0 Å². The van der Waals surface area contributed by atoms with E-state index in [-0.39, 0.29) is 24.3 Å². The van der Waals surface area contributed by atoms with Crippen molar-refractivity contribution in [1.82, 2.24) is 16.0 Å². The fourth-order valence-corrected chi connectivity index (χ4v) is 1.34. The first kappa shape index (κ1) is 16.4. The molecule has 0 heterocycles. The number of rotatable bonds is 8. The van der Waals surface area contributed by atoms with Crippen LogP contribution in [0.5, 0.6) is 0 Å². The number of Topliss-reactive ketones (excluding diaryl/α,β-unsaturated/α-hetero) is 1. The zero-order valence-electron chi connectivity index (χ0n) is 11.2. The molecule has 5 N–H and O–H groups in total. The Morgan fingerprint density at radius 3 is 2.50 bits per heavy atom. The summed E-state index contributed by atoms with van der Waals surface area (Å²) in [6, 6.07) is -0.300. The number of hydrogen-bond donors (Lipinski definition) is 4. The number of aliphatic imine (C=N–C) groups is 1. The van der Waals surface area contributed by atoms with Crippen LogP contribution in [-0.4, -0.2) is 50.9 Å². The van der Waals surface area contributed by atoms with Crippen molar-refractivity contribution in [3.8, 4) is 0 Å². The van der Waals surface area contributed by atoms with Crippen LogP contribution >= 0.6 is 0 Å². The summed E-state index contributed by atoms with van der Waals surface area (Å²) in [5, 5.41) is 8.40. The van der Waals surface area contributed by atoms with Gasteiger partial charge in [0, 0.05) is 13.6 Å². The van der Waals surface area contributed by atoms with E-state index < -0.39 is 0 Å². The van der Waals surface area contributed by atoms with Crippen molar-refractivity contribution in [3.05, 3.63) is 0 Å². The molecule has 0 aliphatic carbocycles. The molecule has 7 heteroatoms. The molecule has 0 aromatic carbocycles. The van der Waals surface area contributed by atoms with Crippen LogP contribution < -0.4 is 21.7 Å². The topological polar surface area (TPSA) is 109 Å². The number of amides is 1. The van der Waals surface area contributed by atoms with Gasteiger partial charge in [0.15, 0.2) is 5.96 Å². The highest BCUT2D eigenvalue weighted by atomic mass is 16.2. The minimum Gasteiger partial charge on any atom is -0.370 e. The molecule has 0 bridgehead atoms. The third kappa shape index (κ3) is 7.61. The van der Waals surface area contributed by atoms with E-state index in [2.05, 4.69) is 20.9 Å². The lowest BCUT2D eigenvalue weighted by Gasteiger charge is -2.15. The van der Waals surface area contributed by atoms with Crippen LogP contribution in [0.25, 0.3) is 0 Å². The molecule has 0 saturated heterocycles. The number of nitrogens with one attached hydrogen (secondary N) is 3. The van der Waals surface area contributed by atoms with Gasteiger partial charge in [0.1, 0.15) is 5.78 Å². The number of ketones is 1. The number of nitrogens with zero attached hydrogens (tertiary/aromatic N) is 1. The Bertz CT molecular complexity index is 304. The van der Waals surface area contributed by atoms with Crippen LogP contribution in [0.3, 0.4) is 0 Å².